The molecule has 0 aliphatic heterocycles. The summed E-state index contributed by atoms with van der Waals surface area (Å²) >= 11 is 0. The van der Waals surface area contributed by atoms with E-state index in [1.165, 1.54) is 0 Å². The Kier molecular flexibility index (Phi) is 3.88. The van der Waals surface area contributed by atoms with Gasteiger partial charge in [0.25, 0.3) is 0 Å². The van der Waals surface area contributed by atoms with Crippen molar-refractivity contribution in [3.05, 3.63) is 12.2 Å². The molecule has 0 saturated heterocycles. The molecule has 0 fully saturated rings. The third kappa shape index (κ3) is 3.64. The van der Waals surface area contributed by atoms with Gasteiger partial charge in [0.2, 0.25) is 5.91 Å². The molecule has 0 bridgehead atoms. The molecule has 0 aromatic heterocycles. The summed E-state index contributed by atoms with van der Waals surface area (Å²) in [6, 6.07) is -0.00700. The molecule has 0 aromatic rings. The average Bonchev–Trinajstić information content (AvgIpc) is 2.61. The lowest BCUT2D eigenvalue weighted by atomic mass is 10.0. The van der Waals surface area contributed by atoms with Crippen LogP contribution in [-0.2, 0) is 4.79 Å². The van der Waals surface area contributed by atoms with E-state index in [0.29, 0.717) is 19.4 Å². The summed E-state index contributed by atoms with van der Waals surface area (Å²) in [6.45, 7) is 3.89. The van der Waals surface area contributed by atoms with E-state index in [4.69, 9.17) is 5.73 Å². The topological polar surface area (TPSA) is 75.3 Å². The van der Waals surface area contributed by atoms with E-state index in [1.54, 1.807) is 6.92 Å². The van der Waals surface area contributed by atoms with Crippen LogP contribution in [0.4, 0.5) is 0 Å². The smallest absolute Gasteiger partial charge is 0.227 e. The minimum atomic E-state index is -0.819. The summed E-state index contributed by atoms with van der Waals surface area (Å²) in [7, 11) is 0. The lowest BCUT2D eigenvalue weighted by Crippen LogP contribution is -2.42. The Morgan fingerprint density at radius 3 is 2.80 bits per heavy atom. The lowest BCUT2D eigenvalue weighted by Gasteiger charge is -2.22. The van der Waals surface area contributed by atoms with Gasteiger partial charge in [-0.05, 0) is 19.8 Å². The highest BCUT2D eigenvalue weighted by Gasteiger charge is 2.25. The standard InChI is InChI=1S/C11H20N2O2/c1-3-11(2,15)7-13-10(14)8-4-5-9(12)6-8/h4-5,8-9,15H,3,6-7,12H2,1-2H3,(H,13,14). The van der Waals surface area contributed by atoms with Gasteiger partial charge in [-0.3, -0.25) is 4.79 Å². The van der Waals surface area contributed by atoms with Crippen molar-refractivity contribution in [1.82, 2.24) is 5.32 Å². The van der Waals surface area contributed by atoms with E-state index < -0.39 is 5.60 Å². The molecule has 4 N–H and O–H groups in total. The molecule has 4 heteroatoms. The number of carbonyl (C=O) groups is 1. The van der Waals surface area contributed by atoms with Gasteiger partial charge in [-0.2, -0.15) is 0 Å². The van der Waals surface area contributed by atoms with E-state index >= 15 is 0 Å². The van der Waals surface area contributed by atoms with Gasteiger partial charge >= 0.3 is 0 Å². The van der Waals surface area contributed by atoms with Crippen LogP contribution in [0.1, 0.15) is 26.7 Å². The van der Waals surface area contributed by atoms with Gasteiger partial charge in [-0.1, -0.05) is 19.1 Å². The Balaban J connectivity index is 2.34. The first-order valence-corrected chi connectivity index (χ1v) is 5.38. The number of rotatable bonds is 4. The highest BCUT2D eigenvalue weighted by molar-refractivity contribution is 5.81. The predicted octanol–water partition coefficient (Wildman–Crippen LogP) is 0.167. The summed E-state index contributed by atoms with van der Waals surface area (Å²) < 4.78 is 0. The highest BCUT2D eigenvalue weighted by Crippen LogP contribution is 2.16. The molecule has 15 heavy (non-hydrogen) atoms. The number of nitrogens with two attached hydrogens (primary N) is 1. The van der Waals surface area contributed by atoms with Gasteiger partial charge in [-0.15, -0.1) is 0 Å². The van der Waals surface area contributed by atoms with Gasteiger partial charge < -0.3 is 16.2 Å². The molecule has 3 atom stereocenters. The molecule has 3 unspecified atom stereocenters. The molecule has 0 heterocycles. The lowest BCUT2D eigenvalue weighted by molar-refractivity contribution is -0.124. The van der Waals surface area contributed by atoms with Crippen molar-refractivity contribution in [2.24, 2.45) is 11.7 Å². The largest absolute Gasteiger partial charge is 0.388 e. The van der Waals surface area contributed by atoms with Crippen molar-refractivity contribution in [3.8, 4) is 0 Å². The Morgan fingerprint density at radius 2 is 2.33 bits per heavy atom. The Labute approximate surface area is 90.5 Å². The van der Waals surface area contributed by atoms with Crippen molar-refractivity contribution >= 4 is 5.91 Å². The predicted molar refractivity (Wildman–Crippen MR) is 59.1 cm³/mol. The Hall–Kier alpha value is -0.870. The number of hydrogen-bond donors (Lipinski definition) is 3. The molecule has 1 amide bonds. The molecule has 0 saturated carbocycles. The number of amides is 1. The Bertz CT molecular complexity index is 261. The van der Waals surface area contributed by atoms with Gasteiger partial charge in [-0.25, -0.2) is 0 Å². The number of carbonyl (C=O) groups excluding carboxylic acids is 1. The van der Waals surface area contributed by atoms with Crippen LogP contribution < -0.4 is 11.1 Å². The molecule has 0 spiro atoms. The average molecular weight is 212 g/mol. The maximum Gasteiger partial charge on any atom is 0.227 e. The first-order valence-electron chi connectivity index (χ1n) is 5.38. The van der Waals surface area contributed by atoms with Gasteiger partial charge in [0.05, 0.1) is 11.5 Å². The third-order valence-corrected chi connectivity index (χ3v) is 2.86. The van der Waals surface area contributed by atoms with Crippen molar-refractivity contribution in [2.45, 2.75) is 38.3 Å². The Morgan fingerprint density at radius 1 is 1.67 bits per heavy atom. The zero-order valence-corrected chi connectivity index (χ0v) is 9.36. The van der Waals surface area contributed by atoms with E-state index in [0.717, 1.165) is 0 Å². The fraction of sp³-hybridized carbons (Fsp3) is 0.727. The quantitative estimate of drug-likeness (QED) is 0.581. The van der Waals surface area contributed by atoms with E-state index in [1.807, 2.05) is 19.1 Å². The van der Waals surface area contributed by atoms with Crippen molar-refractivity contribution in [3.63, 3.8) is 0 Å². The van der Waals surface area contributed by atoms with Crippen molar-refractivity contribution < 1.29 is 9.90 Å². The summed E-state index contributed by atoms with van der Waals surface area (Å²) in [5.74, 6) is -0.180. The molecular formula is C11H20N2O2. The molecule has 1 aliphatic carbocycles. The maximum absolute atomic E-state index is 11.6. The first-order chi connectivity index (χ1) is 6.94. The van der Waals surface area contributed by atoms with Crippen LogP contribution in [0.3, 0.4) is 0 Å². The monoisotopic (exact) mass is 212 g/mol. The van der Waals surface area contributed by atoms with Crippen LogP contribution in [0.25, 0.3) is 0 Å². The summed E-state index contributed by atoms with van der Waals surface area (Å²) in [6.07, 6.45) is 4.97. The third-order valence-electron chi connectivity index (χ3n) is 2.86. The summed E-state index contributed by atoms with van der Waals surface area (Å²) in [5.41, 5.74) is 4.84. The fourth-order valence-corrected chi connectivity index (χ4v) is 1.46. The summed E-state index contributed by atoms with van der Waals surface area (Å²) in [5, 5.41) is 12.5. The van der Waals surface area contributed by atoms with Crippen LogP contribution in [-0.4, -0.2) is 29.2 Å². The van der Waals surface area contributed by atoms with Crippen molar-refractivity contribution in [2.75, 3.05) is 6.54 Å². The van der Waals surface area contributed by atoms with E-state index in [2.05, 4.69) is 5.32 Å². The number of aliphatic hydroxyl groups is 1. The molecule has 86 valence electrons. The molecule has 0 radical (unpaired) electrons. The van der Waals surface area contributed by atoms with Crippen LogP contribution >= 0.6 is 0 Å². The minimum Gasteiger partial charge on any atom is -0.388 e. The highest BCUT2D eigenvalue weighted by atomic mass is 16.3. The van der Waals surface area contributed by atoms with Crippen LogP contribution in [0.5, 0.6) is 0 Å². The van der Waals surface area contributed by atoms with Crippen LogP contribution in [0.15, 0.2) is 12.2 Å². The first kappa shape index (κ1) is 12.2. The van der Waals surface area contributed by atoms with E-state index in [-0.39, 0.29) is 17.9 Å². The number of hydrogen-bond acceptors (Lipinski definition) is 3. The van der Waals surface area contributed by atoms with Gasteiger partial charge in [0, 0.05) is 12.6 Å². The zero-order chi connectivity index (χ0) is 11.5. The van der Waals surface area contributed by atoms with Crippen molar-refractivity contribution in [1.29, 1.82) is 0 Å². The molecule has 4 nitrogen and oxygen atoms in total. The zero-order valence-electron chi connectivity index (χ0n) is 9.36. The fourth-order valence-electron chi connectivity index (χ4n) is 1.46. The minimum absolute atomic E-state index is 0.00700. The second kappa shape index (κ2) is 4.77. The molecule has 1 rings (SSSR count). The van der Waals surface area contributed by atoms with E-state index in [9.17, 15) is 9.90 Å². The molecule has 0 aromatic carbocycles. The maximum atomic E-state index is 11.6. The molecular weight excluding hydrogens is 192 g/mol. The van der Waals surface area contributed by atoms with Gasteiger partial charge in [0.15, 0.2) is 0 Å². The SMILES string of the molecule is CCC(C)(O)CNC(=O)C1C=CC(N)C1. The second-order valence-electron chi connectivity index (χ2n) is 4.46. The molecule has 1 aliphatic rings. The normalized spacial score (nSPS) is 28.8. The van der Waals surface area contributed by atoms with Gasteiger partial charge in [0.1, 0.15) is 0 Å². The van der Waals surface area contributed by atoms with Crippen LogP contribution in [0, 0.1) is 5.92 Å². The number of nitrogens with one attached hydrogen (secondary N) is 1. The second-order valence-corrected chi connectivity index (χ2v) is 4.46. The van der Waals surface area contributed by atoms with Crippen LogP contribution in [0.2, 0.25) is 0 Å². The summed E-state index contributed by atoms with van der Waals surface area (Å²) in [4.78, 5) is 11.6.